The molecule has 0 atom stereocenters. The van der Waals surface area contributed by atoms with E-state index in [-0.39, 0.29) is 5.91 Å². The number of benzene rings is 1. The lowest BCUT2D eigenvalue weighted by Gasteiger charge is -2.22. The van der Waals surface area contributed by atoms with Gasteiger partial charge in [0, 0.05) is 20.6 Å². The second kappa shape index (κ2) is 6.77. The Hall–Kier alpha value is -1.86. The van der Waals surface area contributed by atoms with E-state index in [4.69, 9.17) is 5.26 Å². The Labute approximate surface area is 108 Å². The molecule has 1 rings (SSSR count). The van der Waals surface area contributed by atoms with E-state index >= 15 is 0 Å². The fraction of sp³-hybridized carbons (Fsp3) is 0.429. The van der Waals surface area contributed by atoms with Crippen LogP contribution in [0.5, 0.6) is 0 Å². The Bertz CT molecular complexity index is 449. The molecule has 0 aliphatic carbocycles. The van der Waals surface area contributed by atoms with Gasteiger partial charge >= 0.3 is 0 Å². The second-order valence-corrected chi connectivity index (χ2v) is 4.36. The molecule has 0 saturated carbocycles. The van der Waals surface area contributed by atoms with Crippen molar-refractivity contribution in [3.63, 3.8) is 0 Å². The van der Waals surface area contributed by atoms with Crippen LogP contribution in [-0.2, 0) is 11.3 Å². The Kier molecular flexibility index (Phi) is 5.34. The van der Waals surface area contributed by atoms with Crippen LogP contribution in [0.2, 0.25) is 0 Å². The number of nitriles is 1. The number of likely N-dealkylation sites (N-methyl/N-ethyl adjacent to an activating group) is 2. The molecule has 0 aliphatic rings. The van der Waals surface area contributed by atoms with Gasteiger partial charge in [0.1, 0.15) is 0 Å². The van der Waals surface area contributed by atoms with Crippen LogP contribution in [0.3, 0.4) is 0 Å². The van der Waals surface area contributed by atoms with Crippen LogP contribution in [0.4, 0.5) is 0 Å². The van der Waals surface area contributed by atoms with Crippen LogP contribution in [-0.4, -0.2) is 42.9 Å². The lowest BCUT2D eigenvalue weighted by atomic mass is 10.1. The van der Waals surface area contributed by atoms with Crippen molar-refractivity contribution in [2.75, 3.05) is 27.2 Å². The SMILES string of the molecule is CCN(CC(=O)N(C)C)Cc1ccccc1C#N. The molecule has 4 nitrogen and oxygen atoms in total. The summed E-state index contributed by atoms with van der Waals surface area (Å²) in [6.45, 7) is 3.79. The summed E-state index contributed by atoms with van der Waals surface area (Å²) in [5.74, 6) is 0.0753. The molecule has 1 amide bonds. The van der Waals surface area contributed by atoms with Gasteiger partial charge in [-0.15, -0.1) is 0 Å². The summed E-state index contributed by atoms with van der Waals surface area (Å²) in [7, 11) is 3.50. The van der Waals surface area contributed by atoms with Crippen LogP contribution in [0.1, 0.15) is 18.1 Å². The number of nitrogens with zero attached hydrogens (tertiary/aromatic N) is 3. The fourth-order valence-electron chi connectivity index (χ4n) is 1.62. The Balaban J connectivity index is 2.74. The molecular weight excluding hydrogens is 226 g/mol. The molecule has 0 fully saturated rings. The van der Waals surface area contributed by atoms with Gasteiger partial charge in [-0.2, -0.15) is 5.26 Å². The van der Waals surface area contributed by atoms with Gasteiger partial charge in [-0.25, -0.2) is 0 Å². The van der Waals surface area contributed by atoms with Crippen molar-refractivity contribution in [3.05, 3.63) is 35.4 Å². The molecule has 0 saturated heterocycles. The maximum Gasteiger partial charge on any atom is 0.236 e. The molecule has 0 spiro atoms. The number of hydrogen-bond donors (Lipinski definition) is 0. The maximum atomic E-state index is 11.7. The second-order valence-electron chi connectivity index (χ2n) is 4.36. The first-order chi connectivity index (χ1) is 8.58. The minimum Gasteiger partial charge on any atom is -0.348 e. The molecule has 0 N–H and O–H groups in total. The highest BCUT2D eigenvalue weighted by Gasteiger charge is 2.12. The zero-order valence-electron chi connectivity index (χ0n) is 11.2. The van der Waals surface area contributed by atoms with Crippen molar-refractivity contribution in [2.24, 2.45) is 0 Å². The first-order valence-corrected chi connectivity index (χ1v) is 5.99. The van der Waals surface area contributed by atoms with Crippen LogP contribution < -0.4 is 0 Å². The molecule has 1 aromatic carbocycles. The molecule has 1 aromatic rings. The van der Waals surface area contributed by atoms with Crippen LogP contribution in [0.15, 0.2) is 24.3 Å². The van der Waals surface area contributed by atoms with Crippen molar-refractivity contribution in [1.29, 1.82) is 5.26 Å². The molecular formula is C14H19N3O. The molecule has 4 heteroatoms. The van der Waals surface area contributed by atoms with E-state index in [0.29, 0.717) is 18.7 Å². The lowest BCUT2D eigenvalue weighted by molar-refractivity contribution is -0.130. The van der Waals surface area contributed by atoms with E-state index in [0.717, 1.165) is 12.1 Å². The molecule has 0 unspecified atom stereocenters. The van der Waals surface area contributed by atoms with E-state index in [1.807, 2.05) is 30.0 Å². The van der Waals surface area contributed by atoms with Crippen molar-refractivity contribution in [1.82, 2.24) is 9.80 Å². The standard InChI is InChI=1S/C14H19N3O/c1-4-17(11-14(18)16(2)3)10-13-8-6-5-7-12(13)9-15/h5-8H,4,10-11H2,1-3H3. The molecule has 0 aromatic heterocycles. The zero-order valence-corrected chi connectivity index (χ0v) is 11.2. The summed E-state index contributed by atoms with van der Waals surface area (Å²) < 4.78 is 0. The summed E-state index contributed by atoms with van der Waals surface area (Å²) in [5, 5.41) is 9.03. The average Bonchev–Trinajstić information content (AvgIpc) is 2.38. The number of rotatable bonds is 5. The molecule has 0 aliphatic heterocycles. The summed E-state index contributed by atoms with van der Waals surface area (Å²) in [6.07, 6.45) is 0. The van der Waals surface area contributed by atoms with Gasteiger partial charge in [0.2, 0.25) is 5.91 Å². The van der Waals surface area contributed by atoms with Crippen LogP contribution >= 0.6 is 0 Å². The lowest BCUT2D eigenvalue weighted by Crippen LogP contribution is -2.36. The highest BCUT2D eigenvalue weighted by atomic mass is 16.2. The summed E-state index contributed by atoms with van der Waals surface area (Å²) in [6, 6.07) is 9.68. The Morgan fingerprint density at radius 1 is 1.33 bits per heavy atom. The van der Waals surface area contributed by atoms with Gasteiger partial charge < -0.3 is 4.90 Å². The number of amides is 1. The Morgan fingerprint density at radius 3 is 2.56 bits per heavy atom. The quantitative estimate of drug-likeness (QED) is 0.789. The number of carbonyl (C=O) groups excluding carboxylic acids is 1. The minimum absolute atomic E-state index is 0.0753. The van der Waals surface area contributed by atoms with Gasteiger partial charge in [-0.1, -0.05) is 25.1 Å². The predicted octanol–water partition coefficient (Wildman–Crippen LogP) is 1.47. The van der Waals surface area contributed by atoms with Gasteiger partial charge in [-0.05, 0) is 18.2 Å². The van der Waals surface area contributed by atoms with Crippen molar-refractivity contribution in [2.45, 2.75) is 13.5 Å². The van der Waals surface area contributed by atoms with Crippen LogP contribution in [0.25, 0.3) is 0 Å². The van der Waals surface area contributed by atoms with E-state index in [9.17, 15) is 4.79 Å². The van der Waals surface area contributed by atoms with Gasteiger partial charge in [-0.3, -0.25) is 9.69 Å². The van der Waals surface area contributed by atoms with Gasteiger partial charge in [0.25, 0.3) is 0 Å². The van der Waals surface area contributed by atoms with Crippen molar-refractivity contribution in [3.8, 4) is 6.07 Å². The maximum absolute atomic E-state index is 11.7. The topological polar surface area (TPSA) is 47.3 Å². The average molecular weight is 245 g/mol. The zero-order chi connectivity index (χ0) is 13.5. The number of carbonyl (C=O) groups is 1. The predicted molar refractivity (Wildman–Crippen MR) is 70.8 cm³/mol. The van der Waals surface area contributed by atoms with E-state index < -0.39 is 0 Å². The smallest absolute Gasteiger partial charge is 0.236 e. The van der Waals surface area contributed by atoms with Gasteiger partial charge in [0.05, 0.1) is 18.2 Å². The highest BCUT2D eigenvalue weighted by molar-refractivity contribution is 5.77. The first kappa shape index (κ1) is 14.2. The van der Waals surface area contributed by atoms with Crippen molar-refractivity contribution >= 4 is 5.91 Å². The summed E-state index contributed by atoms with van der Waals surface area (Å²) >= 11 is 0. The summed E-state index contributed by atoms with van der Waals surface area (Å²) in [4.78, 5) is 15.3. The third-order valence-corrected chi connectivity index (χ3v) is 2.84. The fourth-order valence-corrected chi connectivity index (χ4v) is 1.62. The molecule has 96 valence electrons. The molecule has 0 radical (unpaired) electrons. The van der Waals surface area contributed by atoms with Gasteiger partial charge in [0.15, 0.2) is 0 Å². The third kappa shape index (κ3) is 3.86. The third-order valence-electron chi connectivity index (χ3n) is 2.84. The largest absolute Gasteiger partial charge is 0.348 e. The minimum atomic E-state index is 0.0753. The monoisotopic (exact) mass is 245 g/mol. The molecule has 18 heavy (non-hydrogen) atoms. The summed E-state index contributed by atoms with van der Waals surface area (Å²) in [5.41, 5.74) is 1.64. The Morgan fingerprint density at radius 2 is 2.00 bits per heavy atom. The van der Waals surface area contributed by atoms with E-state index in [1.165, 1.54) is 0 Å². The first-order valence-electron chi connectivity index (χ1n) is 5.99. The highest BCUT2D eigenvalue weighted by Crippen LogP contribution is 2.10. The molecule has 0 heterocycles. The number of hydrogen-bond acceptors (Lipinski definition) is 3. The van der Waals surface area contributed by atoms with E-state index in [2.05, 4.69) is 6.07 Å². The normalized spacial score (nSPS) is 10.2. The van der Waals surface area contributed by atoms with E-state index in [1.54, 1.807) is 25.1 Å². The van der Waals surface area contributed by atoms with Crippen molar-refractivity contribution < 1.29 is 4.79 Å². The van der Waals surface area contributed by atoms with Crippen LogP contribution in [0, 0.1) is 11.3 Å². The molecule has 0 bridgehead atoms.